The Labute approximate surface area is 94.5 Å². The Balaban J connectivity index is 2.46. The van der Waals surface area contributed by atoms with Gasteiger partial charge in [0.15, 0.2) is 0 Å². The van der Waals surface area contributed by atoms with Gasteiger partial charge in [0, 0.05) is 6.04 Å². The first-order chi connectivity index (χ1) is 6.79. The van der Waals surface area contributed by atoms with Crippen LogP contribution < -0.4 is 0 Å². The van der Waals surface area contributed by atoms with Crippen molar-refractivity contribution in [3.63, 3.8) is 0 Å². The average molecular weight is 235 g/mol. The molecule has 2 N–H and O–H groups in total. The molecule has 3 nitrogen and oxygen atoms in total. The maximum Gasteiger partial charge on any atom is 0.140 e. The second-order valence-electron chi connectivity index (χ2n) is 3.44. The molecule has 1 saturated carbocycles. The Kier molecular flexibility index (Phi) is 5.77. The maximum absolute atomic E-state index is 9.22. The molecule has 1 aliphatic rings. The largest absolute Gasteiger partial charge is 0.385 e. The highest BCUT2D eigenvalue weighted by Crippen LogP contribution is 2.24. The molecule has 0 unspecified atom stereocenters. The van der Waals surface area contributed by atoms with Crippen molar-refractivity contribution in [1.29, 1.82) is 0 Å². The van der Waals surface area contributed by atoms with Crippen molar-refractivity contribution in [3.8, 4) is 0 Å². The van der Waals surface area contributed by atoms with Crippen LogP contribution in [-0.2, 0) is 0 Å². The highest BCUT2D eigenvalue weighted by atomic mass is 32.2. The van der Waals surface area contributed by atoms with E-state index in [4.69, 9.17) is 17.3 Å². The molecule has 0 amide bonds. The van der Waals surface area contributed by atoms with E-state index >= 15 is 0 Å². The molecule has 0 radical (unpaired) electrons. The highest BCUT2D eigenvalue weighted by molar-refractivity contribution is 8.22. The van der Waals surface area contributed by atoms with E-state index in [1.54, 1.807) is 0 Å². The van der Waals surface area contributed by atoms with E-state index < -0.39 is 0 Å². The van der Waals surface area contributed by atoms with Crippen LogP contribution in [0.5, 0.6) is 0 Å². The fourth-order valence-electron chi connectivity index (χ4n) is 1.85. The highest BCUT2D eigenvalue weighted by Gasteiger charge is 2.22. The molecule has 0 saturated heterocycles. The SMILES string of the molecule is OCSC(=S)N(CO)C1CCCCC1. The number of aliphatic hydroxyl groups excluding tert-OH is 2. The van der Waals surface area contributed by atoms with Crippen molar-refractivity contribution >= 4 is 28.3 Å². The van der Waals surface area contributed by atoms with Gasteiger partial charge in [0.25, 0.3) is 0 Å². The summed E-state index contributed by atoms with van der Waals surface area (Å²) in [4.78, 5) is 1.83. The number of thioether (sulfide) groups is 1. The zero-order chi connectivity index (χ0) is 10.4. The van der Waals surface area contributed by atoms with Crippen molar-refractivity contribution in [2.45, 2.75) is 38.1 Å². The van der Waals surface area contributed by atoms with Crippen LogP contribution in [0.15, 0.2) is 0 Å². The molecule has 1 rings (SSSR count). The Hall–Kier alpha value is 0.160. The summed E-state index contributed by atoms with van der Waals surface area (Å²) in [5, 5.41) is 18.0. The van der Waals surface area contributed by atoms with Crippen LogP contribution >= 0.6 is 24.0 Å². The lowest BCUT2D eigenvalue weighted by Gasteiger charge is -2.34. The van der Waals surface area contributed by atoms with E-state index in [0.717, 1.165) is 12.8 Å². The zero-order valence-electron chi connectivity index (χ0n) is 8.19. The monoisotopic (exact) mass is 235 g/mol. The Morgan fingerprint density at radius 2 is 1.93 bits per heavy atom. The number of aliphatic hydroxyl groups is 2. The van der Waals surface area contributed by atoms with Gasteiger partial charge in [-0.05, 0) is 12.8 Å². The number of thiocarbonyl (C=S) groups is 1. The van der Waals surface area contributed by atoms with Gasteiger partial charge in [0.05, 0.1) is 5.94 Å². The third-order valence-electron chi connectivity index (χ3n) is 2.59. The predicted molar refractivity (Wildman–Crippen MR) is 63.1 cm³/mol. The van der Waals surface area contributed by atoms with Crippen LogP contribution in [0.3, 0.4) is 0 Å². The normalized spacial score (nSPS) is 18.1. The minimum absolute atomic E-state index is 0.0119. The van der Waals surface area contributed by atoms with Gasteiger partial charge in [-0.25, -0.2) is 0 Å². The summed E-state index contributed by atoms with van der Waals surface area (Å²) in [6, 6.07) is 0.375. The molecule has 0 aromatic rings. The summed E-state index contributed by atoms with van der Waals surface area (Å²) < 4.78 is 0.613. The number of rotatable bonds is 3. The van der Waals surface area contributed by atoms with Gasteiger partial charge in [-0.3, -0.25) is 0 Å². The molecular formula is C9H17NO2S2. The summed E-state index contributed by atoms with van der Waals surface area (Å²) in [5.41, 5.74) is 0. The van der Waals surface area contributed by atoms with Gasteiger partial charge < -0.3 is 15.1 Å². The topological polar surface area (TPSA) is 43.7 Å². The van der Waals surface area contributed by atoms with Crippen LogP contribution in [0.4, 0.5) is 0 Å². The summed E-state index contributed by atoms with van der Waals surface area (Å²) in [6.45, 7) is -0.0312. The van der Waals surface area contributed by atoms with E-state index in [-0.39, 0.29) is 12.7 Å². The van der Waals surface area contributed by atoms with Crippen molar-refractivity contribution in [2.75, 3.05) is 12.7 Å². The fourth-order valence-corrected chi connectivity index (χ4v) is 2.70. The molecule has 0 bridgehead atoms. The van der Waals surface area contributed by atoms with Gasteiger partial charge >= 0.3 is 0 Å². The van der Waals surface area contributed by atoms with Crippen molar-refractivity contribution in [2.24, 2.45) is 0 Å². The number of nitrogens with zero attached hydrogens (tertiary/aromatic N) is 1. The number of hydrogen-bond acceptors (Lipinski definition) is 4. The zero-order valence-corrected chi connectivity index (χ0v) is 9.82. The molecule has 0 aromatic carbocycles. The molecule has 5 heteroatoms. The lowest BCUT2D eigenvalue weighted by Crippen LogP contribution is -2.40. The van der Waals surface area contributed by atoms with Crippen LogP contribution in [0.2, 0.25) is 0 Å². The molecule has 0 spiro atoms. The van der Waals surface area contributed by atoms with Gasteiger partial charge in [-0.2, -0.15) is 0 Å². The van der Waals surface area contributed by atoms with Gasteiger partial charge in [-0.1, -0.05) is 43.2 Å². The van der Waals surface area contributed by atoms with E-state index in [9.17, 15) is 5.11 Å². The smallest absolute Gasteiger partial charge is 0.140 e. The lowest BCUT2D eigenvalue weighted by molar-refractivity contribution is 0.120. The lowest BCUT2D eigenvalue weighted by atomic mass is 9.95. The van der Waals surface area contributed by atoms with Gasteiger partial charge in [-0.15, -0.1) is 0 Å². The minimum Gasteiger partial charge on any atom is -0.385 e. The second kappa shape index (κ2) is 6.61. The van der Waals surface area contributed by atoms with E-state index in [1.807, 2.05) is 4.90 Å². The van der Waals surface area contributed by atoms with Crippen molar-refractivity contribution in [3.05, 3.63) is 0 Å². The predicted octanol–water partition coefficient (Wildman–Crippen LogP) is 1.54. The molecule has 0 aliphatic heterocycles. The van der Waals surface area contributed by atoms with E-state index in [0.29, 0.717) is 10.4 Å². The molecule has 0 heterocycles. The van der Waals surface area contributed by atoms with Crippen LogP contribution in [-0.4, -0.2) is 38.1 Å². The standard InChI is InChI=1S/C9H17NO2S2/c11-6-10(9(13)14-7-12)8-4-2-1-3-5-8/h8,11-12H,1-7H2. The Bertz CT molecular complexity index is 184. The molecule has 0 atom stereocenters. The second-order valence-corrected chi connectivity index (χ2v) is 5.02. The van der Waals surface area contributed by atoms with Crippen LogP contribution in [0, 0.1) is 0 Å². The summed E-state index contributed by atoms with van der Waals surface area (Å²) in [5.74, 6) is -0.0119. The summed E-state index contributed by atoms with van der Waals surface area (Å²) in [7, 11) is 0. The van der Waals surface area contributed by atoms with Crippen LogP contribution in [0.25, 0.3) is 0 Å². The fraction of sp³-hybridized carbons (Fsp3) is 0.889. The first kappa shape index (κ1) is 12.2. The van der Waals surface area contributed by atoms with Gasteiger partial charge in [0.1, 0.15) is 11.1 Å². The summed E-state index contributed by atoms with van der Waals surface area (Å²) in [6.07, 6.45) is 5.93. The first-order valence-corrected chi connectivity index (χ1v) is 6.34. The number of hydrogen-bond donors (Lipinski definition) is 2. The first-order valence-electron chi connectivity index (χ1n) is 4.94. The Morgan fingerprint density at radius 1 is 1.29 bits per heavy atom. The van der Waals surface area contributed by atoms with Crippen molar-refractivity contribution < 1.29 is 10.2 Å². The Morgan fingerprint density at radius 3 is 2.43 bits per heavy atom. The van der Waals surface area contributed by atoms with E-state index in [2.05, 4.69) is 0 Å². The molecule has 1 aliphatic carbocycles. The van der Waals surface area contributed by atoms with Crippen LogP contribution in [0.1, 0.15) is 32.1 Å². The molecule has 14 heavy (non-hydrogen) atoms. The third-order valence-corrected chi connectivity index (χ3v) is 3.79. The maximum atomic E-state index is 9.22. The quantitative estimate of drug-likeness (QED) is 0.574. The minimum atomic E-state index is -0.0312. The molecular weight excluding hydrogens is 218 g/mol. The van der Waals surface area contributed by atoms with Crippen molar-refractivity contribution in [1.82, 2.24) is 4.90 Å². The van der Waals surface area contributed by atoms with E-state index in [1.165, 1.54) is 31.0 Å². The molecule has 82 valence electrons. The molecule has 0 aromatic heterocycles. The summed E-state index contributed by atoms with van der Waals surface area (Å²) >= 11 is 6.33. The molecule has 1 fully saturated rings. The average Bonchev–Trinajstić information content (AvgIpc) is 2.21. The van der Waals surface area contributed by atoms with Gasteiger partial charge in [0.2, 0.25) is 0 Å². The third kappa shape index (κ3) is 3.38.